The smallest absolute Gasteiger partial charge is 0.261 e. The summed E-state index contributed by atoms with van der Waals surface area (Å²) in [5, 5.41) is 3.06. The summed E-state index contributed by atoms with van der Waals surface area (Å²) >= 11 is 0. The van der Waals surface area contributed by atoms with Crippen molar-refractivity contribution in [3.05, 3.63) is 70.8 Å². The van der Waals surface area contributed by atoms with Crippen LogP contribution >= 0.6 is 0 Å². The van der Waals surface area contributed by atoms with Crippen molar-refractivity contribution >= 4 is 17.7 Å². The van der Waals surface area contributed by atoms with Crippen LogP contribution in [0.1, 0.15) is 62.3 Å². The number of carbonyl (C=O) groups excluding carboxylic acids is 3. The van der Waals surface area contributed by atoms with Crippen LogP contribution in [-0.4, -0.2) is 28.7 Å². The van der Waals surface area contributed by atoms with Crippen molar-refractivity contribution in [1.82, 2.24) is 10.2 Å². The second kappa shape index (κ2) is 6.75. The molecule has 0 unspecified atom stereocenters. The Morgan fingerprint density at radius 1 is 0.962 bits per heavy atom. The van der Waals surface area contributed by atoms with Gasteiger partial charge < -0.3 is 5.32 Å². The number of imide groups is 1. The average Bonchev–Trinajstić information content (AvgIpc) is 3.25. The molecule has 4 rings (SSSR count). The summed E-state index contributed by atoms with van der Waals surface area (Å²) in [6.45, 7) is 0.164. The molecule has 5 nitrogen and oxygen atoms in total. The molecule has 0 atom stereocenters. The molecule has 0 spiro atoms. The number of nitrogens with one attached hydrogen (secondary N) is 1. The van der Waals surface area contributed by atoms with Gasteiger partial charge in [0, 0.05) is 11.6 Å². The number of carbonyl (C=O) groups is 3. The van der Waals surface area contributed by atoms with Crippen molar-refractivity contribution in [2.24, 2.45) is 0 Å². The minimum atomic E-state index is -0.286. The maximum atomic E-state index is 12.5. The number of hydrogen-bond donors (Lipinski definition) is 1. The lowest BCUT2D eigenvalue weighted by molar-refractivity contribution is 0.0642. The van der Waals surface area contributed by atoms with Gasteiger partial charge in [-0.05, 0) is 42.7 Å². The minimum absolute atomic E-state index is 0.0962. The van der Waals surface area contributed by atoms with Crippen LogP contribution < -0.4 is 5.32 Å². The summed E-state index contributed by atoms with van der Waals surface area (Å²) < 4.78 is 0. The van der Waals surface area contributed by atoms with Gasteiger partial charge in [0.05, 0.1) is 17.7 Å². The number of fused-ring (bicyclic) bond motifs is 1. The minimum Gasteiger partial charge on any atom is -0.349 e. The standard InChI is InChI=1S/C21H20N2O3/c24-19(22-16-8-1-2-9-16)15-7-5-6-14(12-15)13-23-20(25)17-10-3-4-11-18(17)21(23)26/h3-7,10-12,16H,1-2,8-9,13H2,(H,22,24). The van der Waals surface area contributed by atoms with E-state index in [0.29, 0.717) is 16.7 Å². The molecule has 132 valence electrons. The van der Waals surface area contributed by atoms with Crippen LogP contribution in [0, 0.1) is 0 Å². The highest BCUT2D eigenvalue weighted by atomic mass is 16.2. The molecule has 1 aliphatic heterocycles. The molecule has 5 heteroatoms. The first-order valence-corrected chi connectivity index (χ1v) is 8.98. The summed E-state index contributed by atoms with van der Waals surface area (Å²) in [6.07, 6.45) is 4.37. The molecule has 2 aliphatic rings. The van der Waals surface area contributed by atoms with Gasteiger partial charge >= 0.3 is 0 Å². The molecule has 0 radical (unpaired) electrons. The molecule has 1 aliphatic carbocycles. The fourth-order valence-corrected chi connectivity index (χ4v) is 3.72. The maximum Gasteiger partial charge on any atom is 0.261 e. The predicted molar refractivity (Wildman–Crippen MR) is 96.8 cm³/mol. The molecular weight excluding hydrogens is 328 g/mol. The summed E-state index contributed by atoms with van der Waals surface area (Å²) in [6, 6.07) is 14.2. The van der Waals surface area contributed by atoms with E-state index >= 15 is 0 Å². The van der Waals surface area contributed by atoms with Crippen LogP contribution in [0.5, 0.6) is 0 Å². The zero-order valence-electron chi connectivity index (χ0n) is 14.4. The number of rotatable bonds is 4. The van der Waals surface area contributed by atoms with Crippen LogP contribution in [0.15, 0.2) is 48.5 Å². The molecule has 3 amide bonds. The summed E-state index contributed by atoms with van der Waals surface area (Å²) in [5.41, 5.74) is 2.20. The monoisotopic (exact) mass is 348 g/mol. The second-order valence-electron chi connectivity index (χ2n) is 6.90. The zero-order chi connectivity index (χ0) is 18.1. The molecule has 0 bridgehead atoms. The molecule has 1 heterocycles. The SMILES string of the molecule is O=C(NC1CCCC1)c1cccc(CN2C(=O)c3ccccc3C2=O)c1. The lowest BCUT2D eigenvalue weighted by atomic mass is 10.1. The fourth-order valence-electron chi connectivity index (χ4n) is 3.72. The second-order valence-corrected chi connectivity index (χ2v) is 6.90. The van der Waals surface area contributed by atoms with Gasteiger partial charge in [-0.1, -0.05) is 37.1 Å². The molecule has 2 aromatic rings. The lowest BCUT2D eigenvalue weighted by Gasteiger charge is -2.15. The molecular formula is C21H20N2O3. The highest BCUT2D eigenvalue weighted by Crippen LogP contribution is 2.24. The molecule has 0 saturated heterocycles. The Balaban J connectivity index is 1.50. The molecule has 0 aromatic heterocycles. The van der Waals surface area contributed by atoms with Crippen molar-refractivity contribution in [3.8, 4) is 0 Å². The quantitative estimate of drug-likeness (QED) is 0.863. The van der Waals surface area contributed by atoms with Crippen molar-refractivity contribution in [2.45, 2.75) is 38.3 Å². The van der Waals surface area contributed by atoms with E-state index in [9.17, 15) is 14.4 Å². The van der Waals surface area contributed by atoms with E-state index in [1.165, 1.54) is 4.90 Å². The summed E-state index contributed by atoms with van der Waals surface area (Å²) in [4.78, 5) is 38.6. The van der Waals surface area contributed by atoms with Crippen LogP contribution in [0.25, 0.3) is 0 Å². The zero-order valence-corrected chi connectivity index (χ0v) is 14.4. The number of hydrogen-bond acceptors (Lipinski definition) is 3. The van der Waals surface area contributed by atoms with Crippen LogP contribution in [0.3, 0.4) is 0 Å². The Morgan fingerprint density at radius 2 is 1.62 bits per heavy atom. The van der Waals surface area contributed by atoms with E-state index in [1.54, 1.807) is 42.5 Å². The summed E-state index contributed by atoms with van der Waals surface area (Å²) in [7, 11) is 0. The Hall–Kier alpha value is -2.95. The third-order valence-electron chi connectivity index (χ3n) is 5.10. The Bertz CT molecular complexity index is 849. The van der Waals surface area contributed by atoms with Crippen LogP contribution in [0.4, 0.5) is 0 Å². The first kappa shape index (κ1) is 16.5. The third-order valence-corrected chi connectivity index (χ3v) is 5.10. The number of amides is 3. The van der Waals surface area contributed by atoms with E-state index in [0.717, 1.165) is 31.2 Å². The van der Waals surface area contributed by atoms with Gasteiger partial charge in [0.2, 0.25) is 0 Å². The number of benzene rings is 2. The largest absolute Gasteiger partial charge is 0.349 e. The first-order valence-electron chi connectivity index (χ1n) is 8.98. The van der Waals surface area contributed by atoms with Gasteiger partial charge in [-0.25, -0.2) is 0 Å². The van der Waals surface area contributed by atoms with Crippen molar-refractivity contribution in [3.63, 3.8) is 0 Å². The fraction of sp³-hybridized carbons (Fsp3) is 0.286. The van der Waals surface area contributed by atoms with Gasteiger partial charge in [0.1, 0.15) is 0 Å². The highest BCUT2D eigenvalue weighted by molar-refractivity contribution is 6.21. The van der Waals surface area contributed by atoms with Crippen molar-refractivity contribution < 1.29 is 14.4 Å². The van der Waals surface area contributed by atoms with Crippen molar-refractivity contribution in [1.29, 1.82) is 0 Å². The number of nitrogens with zero attached hydrogens (tertiary/aromatic N) is 1. The van der Waals surface area contributed by atoms with E-state index in [4.69, 9.17) is 0 Å². The molecule has 1 N–H and O–H groups in total. The molecule has 2 aromatic carbocycles. The maximum absolute atomic E-state index is 12.5. The van der Waals surface area contributed by atoms with Gasteiger partial charge in [-0.15, -0.1) is 0 Å². The van der Waals surface area contributed by atoms with E-state index in [-0.39, 0.29) is 30.3 Å². The highest BCUT2D eigenvalue weighted by Gasteiger charge is 2.35. The molecule has 1 fully saturated rings. The van der Waals surface area contributed by atoms with Gasteiger partial charge in [-0.2, -0.15) is 0 Å². The Labute approximate surface area is 152 Å². The Kier molecular flexibility index (Phi) is 4.29. The molecule has 1 saturated carbocycles. The van der Waals surface area contributed by atoms with E-state index in [2.05, 4.69) is 5.32 Å². The van der Waals surface area contributed by atoms with E-state index in [1.807, 2.05) is 6.07 Å². The summed E-state index contributed by atoms with van der Waals surface area (Å²) in [5.74, 6) is -0.668. The average molecular weight is 348 g/mol. The van der Waals surface area contributed by atoms with E-state index < -0.39 is 0 Å². The van der Waals surface area contributed by atoms with Gasteiger partial charge in [0.25, 0.3) is 17.7 Å². The predicted octanol–water partition coefficient (Wildman–Crippen LogP) is 3.16. The first-order chi connectivity index (χ1) is 12.6. The molecule has 26 heavy (non-hydrogen) atoms. The third kappa shape index (κ3) is 3.01. The van der Waals surface area contributed by atoms with Crippen molar-refractivity contribution in [2.75, 3.05) is 0 Å². The normalized spacial score (nSPS) is 16.8. The van der Waals surface area contributed by atoms with Crippen LogP contribution in [0.2, 0.25) is 0 Å². The topological polar surface area (TPSA) is 66.5 Å². The Morgan fingerprint density at radius 3 is 2.27 bits per heavy atom. The van der Waals surface area contributed by atoms with Crippen LogP contribution in [-0.2, 0) is 6.54 Å². The van der Waals surface area contributed by atoms with Gasteiger partial charge in [0.15, 0.2) is 0 Å². The van der Waals surface area contributed by atoms with Gasteiger partial charge in [-0.3, -0.25) is 19.3 Å². The lowest BCUT2D eigenvalue weighted by Crippen LogP contribution is -2.33.